The van der Waals surface area contributed by atoms with Gasteiger partial charge in [0.25, 0.3) is 0 Å². The van der Waals surface area contributed by atoms with Gasteiger partial charge in [-0.1, -0.05) is 28.1 Å². The van der Waals surface area contributed by atoms with Crippen molar-refractivity contribution in [3.05, 3.63) is 34.3 Å². The Morgan fingerprint density at radius 3 is 2.47 bits per heavy atom. The van der Waals surface area contributed by atoms with Crippen LogP contribution >= 0.6 is 15.9 Å². The van der Waals surface area contributed by atoms with E-state index in [2.05, 4.69) is 15.9 Å². The molecule has 0 radical (unpaired) electrons. The predicted octanol–water partition coefficient (Wildman–Crippen LogP) is 2.96. The number of carbonyl (C=O) groups is 2. The molecule has 0 aromatic heterocycles. The molecule has 1 fully saturated rings. The van der Waals surface area contributed by atoms with Crippen molar-refractivity contribution in [2.24, 2.45) is 0 Å². The van der Waals surface area contributed by atoms with Crippen molar-refractivity contribution in [2.75, 3.05) is 6.54 Å². The fourth-order valence-corrected chi connectivity index (χ4v) is 2.75. The lowest BCUT2D eigenvalue weighted by Crippen LogP contribution is -2.42. The minimum atomic E-state index is -0.326. The number of nitrogens with zero attached hydrogens (tertiary/aromatic N) is 1. The molecule has 1 aliphatic heterocycles. The summed E-state index contributed by atoms with van der Waals surface area (Å²) in [5, 5.41) is 0. The molecule has 2 rings (SSSR count). The van der Waals surface area contributed by atoms with Crippen LogP contribution in [0.4, 0.5) is 0 Å². The number of Topliss-reactive ketones (excluding diaryl/α,β-unsaturated/α-hetero) is 1. The highest BCUT2D eigenvalue weighted by molar-refractivity contribution is 9.10. The fourth-order valence-electron chi connectivity index (χ4n) is 2.49. The molecular formula is C15H18BrNO2. The SMILES string of the molecule is CC1(C)CC(=O)CN1C(=O)CCc1ccc(Br)cc1. The van der Waals surface area contributed by atoms with Crippen LogP contribution < -0.4 is 0 Å². The van der Waals surface area contributed by atoms with Gasteiger partial charge in [0.2, 0.25) is 5.91 Å². The first-order valence-corrected chi connectivity index (χ1v) is 7.24. The van der Waals surface area contributed by atoms with Gasteiger partial charge in [0, 0.05) is 22.9 Å². The molecule has 1 aliphatic rings. The smallest absolute Gasteiger partial charge is 0.223 e. The normalized spacial score (nSPS) is 17.8. The molecule has 1 aromatic rings. The second-order valence-electron chi connectivity index (χ2n) is 5.63. The quantitative estimate of drug-likeness (QED) is 0.857. The first-order chi connectivity index (χ1) is 8.88. The average Bonchev–Trinajstić information content (AvgIpc) is 2.61. The monoisotopic (exact) mass is 323 g/mol. The van der Waals surface area contributed by atoms with E-state index in [0.717, 1.165) is 10.0 Å². The molecule has 1 heterocycles. The third-order valence-electron chi connectivity index (χ3n) is 3.54. The highest BCUT2D eigenvalue weighted by Gasteiger charge is 2.39. The molecule has 1 amide bonds. The highest BCUT2D eigenvalue weighted by Crippen LogP contribution is 2.27. The van der Waals surface area contributed by atoms with Gasteiger partial charge in [-0.05, 0) is 38.0 Å². The Hall–Kier alpha value is -1.16. The zero-order valence-electron chi connectivity index (χ0n) is 11.3. The molecule has 0 atom stereocenters. The van der Waals surface area contributed by atoms with Crippen LogP contribution in [-0.2, 0) is 16.0 Å². The molecule has 0 saturated carbocycles. The minimum Gasteiger partial charge on any atom is -0.330 e. The Kier molecular flexibility index (Phi) is 4.09. The van der Waals surface area contributed by atoms with Crippen LogP contribution in [0.2, 0.25) is 0 Å². The number of ketones is 1. The van der Waals surface area contributed by atoms with Gasteiger partial charge in [-0.15, -0.1) is 0 Å². The zero-order chi connectivity index (χ0) is 14.0. The number of aryl methyl sites for hydroxylation is 1. The van der Waals surface area contributed by atoms with E-state index in [1.807, 2.05) is 38.1 Å². The van der Waals surface area contributed by atoms with E-state index >= 15 is 0 Å². The van der Waals surface area contributed by atoms with Crippen molar-refractivity contribution in [3.63, 3.8) is 0 Å². The van der Waals surface area contributed by atoms with Gasteiger partial charge in [0.05, 0.1) is 6.54 Å². The molecule has 0 spiro atoms. The van der Waals surface area contributed by atoms with Crippen LogP contribution in [0, 0.1) is 0 Å². The summed E-state index contributed by atoms with van der Waals surface area (Å²) in [6, 6.07) is 7.97. The van der Waals surface area contributed by atoms with Crippen LogP contribution in [0.5, 0.6) is 0 Å². The van der Waals surface area contributed by atoms with Crippen molar-refractivity contribution >= 4 is 27.6 Å². The maximum atomic E-state index is 12.2. The minimum absolute atomic E-state index is 0.0683. The Balaban J connectivity index is 1.95. The molecule has 4 heteroatoms. The summed E-state index contributed by atoms with van der Waals surface area (Å²) in [5.41, 5.74) is 0.813. The van der Waals surface area contributed by atoms with E-state index in [-0.39, 0.29) is 23.8 Å². The lowest BCUT2D eigenvalue weighted by Gasteiger charge is -2.30. The number of amides is 1. The van der Waals surface area contributed by atoms with Crippen LogP contribution in [0.1, 0.15) is 32.3 Å². The maximum Gasteiger partial charge on any atom is 0.223 e. The summed E-state index contributed by atoms with van der Waals surface area (Å²) < 4.78 is 1.04. The van der Waals surface area contributed by atoms with Crippen LogP contribution in [0.25, 0.3) is 0 Å². The van der Waals surface area contributed by atoms with Crippen molar-refractivity contribution < 1.29 is 9.59 Å². The molecule has 0 bridgehead atoms. The summed E-state index contributed by atoms with van der Waals surface area (Å²) in [6.07, 6.45) is 1.64. The van der Waals surface area contributed by atoms with E-state index in [1.165, 1.54) is 0 Å². The van der Waals surface area contributed by atoms with E-state index in [1.54, 1.807) is 4.90 Å². The number of hydrogen-bond acceptors (Lipinski definition) is 2. The molecule has 1 saturated heterocycles. The highest BCUT2D eigenvalue weighted by atomic mass is 79.9. The maximum absolute atomic E-state index is 12.2. The van der Waals surface area contributed by atoms with E-state index < -0.39 is 0 Å². The third-order valence-corrected chi connectivity index (χ3v) is 4.07. The van der Waals surface area contributed by atoms with E-state index in [0.29, 0.717) is 19.3 Å². The first kappa shape index (κ1) is 14.3. The number of likely N-dealkylation sites (tertiary alicyclic amines) is 1. The van der Waals surface area contributed by atoms with Gasteiger partial charge in [0.1, 0.15) is 0 Å². The number of hydrogen-bond donors (Lipinski definition) is 0. The van der Waals surface area contributed by atoms with Gasteiger partial charge in [-0.3, -0.25) is 9.59 Å². The third kappa shape index (κ3) is 3.44. The molecule has 0 aliphatic carbocycles. The number of carbonyl (C=O) groups excluding carboxylic acids is 2. The number of benzene rings is 1. The summed E-state index contributed by atoms with van der Waals surface area (Å²) in [7, 11) is 0. The lowest BCUT2D eigenvalue weighted by molar-refractivity contribution is -0.135. The van der Waals surface area contributed by atoms with Crippen LogP contribution in [0.15, 0.2) is 28.7 Å². The predicted molar refractivity (Wildman–Crippen MR) is 77.9 cm³/mol. The summed E-state index contributed by atoms with van der Waals surface area (Å²) in [6.45, 7) is 4.18. The molecule has 19 heavy (non-hydrogen) atoms. The van der Waals surface area contributed by atoms with Crippen molar-refractivity contribution in [1.29, 1.82) is 0 Å². The van der Waals surface area contributed by atoms with E-state index in [9.17, 15) is 9.59 Å². The topological polar surface area (TPSA) is 37.4 Å². The average molecular weight is 324 g/mol. The lowest BCUT2D eigenvalue weighted by atomic mass is 10.0. The zero-order valence-corrected chi connectivity index (χ0v) is 12.9. The van der Waals surface area contributed by atoms with E-state index in [4.69, 9.17) is 0 Å². The molecule has 0 N–H and O–H groups in total. The number of halogens is 1. The van der Waals surface area contributed by atoms with Crippen molar-refractivity contribution in [1.82, 2.24) is 4.90 Å². The molecule has 3 nitrogen and oxygen atoms in total. The van der Waals surface area contributed by atoms with Crippen LogP contribution in [0.3, 0.4) is 0 Å². The number of rotatable bonds is 3. The summed E-state index contributed by atoms with van der Waals surface area (Å²) in [4.78, 5) is 25.4. The largest absolute Gasteiger partial charge is 0.330 e. The Morgan fingerprint density at radius 1 is 1.32 bits per heavy atom. The van der Waals surface area contributed by atoms with Gasteiger partial charge < -0.3 is 4.90 Å². The summed E-state index contributed by atoms with van der Waals surface area (Å²) >= 11 is 3.39. The van der Waals surface area contributed by atoms with Crippen molar-refractivity contribution in [2.45, 2.75) is 38.6 Å². The van der Waals surface area contributed by atoms with Crippen molar-refractivity contribution in [3.8, 4) is 0 Å². The second-order valence-corrected chi connectivity index (χ2v) is 6.55. The Morgan fingerprint density at radius 2 is 1.95 bits per heavy atom. The van der Waals surface area contributed by atoms with Gasteiger partial charge in [-0.2, -0.15) is 0 Å². The Bertz CT molecular complexity index is 493. The Labute approximate surface area is 122 Å². The second kappa shape index (κ2) is 5.45. The summed E-state index contributed by atoms with van der Waals surface area (Å²) in [5.74, 6) is 0.223. The van der Waals surface area contributed by atoms with Gasteiger partial charge >= 0.3 is 0 Å². The fraction of sp³-hybridized carbons (Fsp3) is 0.467. The molecule has 0 unspecified atom stereocenters. The van der Waals surface area contributed by atoms with Gasteiger partial charge in [-0.25, -0.2) is 0 Å². The molecule has 102 valence electrons. The standard InChI is InChI=1S/C15H18BrNO2/c1-15(2)9-13(18)10-17(15)14(19)8-5-11-3-6-12(16)7-4-11/h3-4,6-7H,5,8-10H2,1-2H3. The molecular weight excluding hydrogens is 306 g/mol. The van der Waals surface area contributed by atoms with Crippen LogP contribution in [-0.4, -0.2) is 28.7 Å². The first-order valence-electron chi connectivity index (χ1n) is 6.45. The molecule has 1 aromatic carbocycles. The van der Waals surface area contributed by atoms with Gasteiger partial charge in [0.15, 0.2) is 5.78 Å².